The molecule has 0 radical (unpaired) electrons. The summed E-state index contributed by atoms with van der Waals surface area (Å²) in [5.41, 5.74) is -1.11. The van der Waals surface area contributed by atoms with E-state index in [1.54, 1.807) is 0 Å². The van der Waals surface area contributed by atoms with Crippen LogP contribution in [-0.4, -0.2) is 51.9 Å². The summed E-state index contributed by atoms with van der Waals surface area (Å²) < 4.78 is 0. The van der Waals surface area contributed by atoms with Gasteiger partial charge in [-0.05, 0) is 19.7 Å². The highest BCUT2D eigenvalue weighted by Crippen LogP contribution is 2.53. The molecular weight excluding hydrogens is 264 g/mol. The van der Waals surface area contributed by atoms with E-state index in [1.807, 2.05) is 41.2 Å². The monoisotopic (exact) mass is 278 g/mol. The van der Waals surface area contributed by atoms with Gasteiger partial charge in [-0.2, -0.15) is 0 Å². The molecule has 1 aliphatic rings. The van der Waals surface area contributed by atoms with Gasteiger partial charge in [0.15, 0.2) is 0 Å². The Bertz CT molecular complexity index is 104. The predicted molar refractivity (Wildman–Crippen MR) is 66.0 cm³/mol. The fourth-order valence-electron chi connectivity index (χ4n) is 0.398. The maximum atomic E-state index is 8.50. The topological polar surface area (TPSA) is 80.9 Å². The van der Waals surface area contributed by atoms with Crippen LogP contribution in [0, 0.1) is 5.41 Å². The lowest BCUT2D eigenvalue weighted by Gasteiger charge is -2.23. The van der Waals surface area contributed by atoms with Crippen molar-refractivity contribution in [3.63, 3.8) is 0 Å². The molecule has 86 valence electrons. The minimum Gasteiger partial charge on any atom is -0.396 e. The average Bonchev–Trinajstić information content (AvgIpc) is 2.80. The van der Waals surface area contributed by atoms with Crippen molar-refractivity contribution < 1.29 is 20.4 Å². The van der Waals surface area contributed by atoms with Crippen LogP contribution >= 0.6 is 41.2 Å². The Labute approximate surface area is 98.4 Å². The van der Waals surface area contributed by atoms with Gasteiger partial charge in [-0.25, -0.2) is 0 Å². The molecule has 1 saturated heterocycles. The van der Waals surface area contributed by atoms with Crippen molar-refractivity contribution >= 4 is 41.2 Å². The summed E-state index contributed by atoms with van der Waals surface area (Å²) >= 11 is 0. The quantitative estimate of drug-likeness (QED) is 0.556. The molecule has 0 unspecified atom stereocenters. The third-order valence-electron chi connectivity index (χ3n) is 1.56. The first kappa shape index (κ1) is 15.2. The largest absolute Gasteiger partial charge is 0.396 e. The highest BCUT2D eigenvalue weighted by Gasteiger charge is 2.26. The molecule has 1 heterocycles. The number of hydrogen-bond acceptors (Lipinski definition) is 8. The Morgan fingerprint density at radius 3 is 1.21 bits per heavy atom. The molecule has 1 rings (SSSR count). The molecule has 0 spiro atoms. The van der Waals surface area contributed by atoms with Gasteiger partial charge >= 0.3 is 0 Å². The Kier molecular flexibility index (Phi) is 10.3. The Morgan fingerprint density at radius 2 is 1.14 bits per heavy atom. The minimum absolute atomic E-state index is 0.406. The number of hydrogen-bond donors (Lipinski definition) is 4. The second kappa shape index (κ2) is 9.46. The molecule has 1 fully saturated rings. The third kappa shape index (κ3) is 5.96. The molecule has 8 heteroatoms. The van der Waals surface area contributed by atoms with Crippen molar-refractivity contribution in [2.75, 3.05) is 31.5 Å². The van der Waals surface area contributed by atoms with E-state index >= 15 is 0 Å². The molecule has 14 heavy (non-hydrogen) atoms. The normalized spacial score (nSPS) is 16.3. The summed E-state index contributed by atoms with van der Waals surface area (Å²) in [4.78, 5) is 0. The van der Waals surface area contributed by atoms with Crippen LogP contribution in [0.4, 0.5) is 0 Å². The van der Waals surface area contributed by atoms with E-state index < -0.39 is 31.8 Å². The van der Waals surface area contributed by atoms with Crippen LogP contribution in [0.15, 0.2) is 0 Å². The van der Waals surface area contributed by atoms with Crippen LogP contribution in [0.1, 0.15) is 0 Å². The van der Waals surface area contributed by atoms with Crippen LogP contribution in [0.2, 0.25) is 0 Å². The van der Waals surface area contributed by atoms with Crippen LogP contribution in [0.25, 0.3) is 0 Å². The first-order valence-corrected chi connectivity index (χ1v) is 8.91. The molecule has 0 amide bonds. The zero-order valence-corrected chi connectivity index (χ0v) is 10.7. The van der Waals surface area contributed by atoms with E-state index in [2.05, 4.69) is 0 Å². The van der Waals surface area contributed by atoms with Gasteiger partial charge in [0.2, 0.25) is 0 Å². The van der Waals surface area contributed by atoms with Gasteiger partial charge < -0.3 is 20.4 Å². The lowest BCUT2D eigenvalue weighted by molar-refractivity contribution is -0.0328. The molecule has 4 N–H and O–H groups in total. The fraction of sp³-hybridized carbons (Fsp3) is 1.00. The van der Waals surface area contributed by atoms with E-state index in [-0.39, 0.29) is 0 Å². The van der Waals surface area contributed by atoms with Gasteiger partial charge in [-0.15, -0.1) is 0 Å². The molecule has 0 aliphatic carbocycles. The standard InChI is InChI=1S/C5H12O4.CH2S4/c6-1-5(2-7,3-8)4-9;1-2-4-5-3-1/h6-9H,1-4H2;1H2. The highest BCUT2D eigenvalue weighted by atomic mass is 33.7. The Hall–Kier alpha value is 1.24. The van der Waals surface area contributed by atoms with Crippen molar-refractivity contribution in [2.45, 2.75) is 0 Å². The van der Waals surface area contributed by atoms with Crippen LogP contribution in [-0.2, 0) is 0 Å². The Balaban J connectivity index is 0.000000280. The van der Waals surface area contributed by atoms with E-state index in [0.29, 0.717) is 0 Å². The van der Waals surface area contributed by atoms with Crippen molar-refractivity contribution in [1.29, 1.82) is 0 Å². The molecule has 0 atom stereocenters. The third-order valence-corrected chi connectivity index (χ3v) is 8.79. The van der Waals surface area contributed by atoms with Gasteiger partial charge in [0, 0.05) is 0 Å². The summed E-state index contributed by atoms with van der Waals surface area (Å²) in [7, 11) is 7.57. The second-order valence-electron chi connectivity index (χ2n) is 2.62. The van der Waals surface area contributed by atoms with Crippen LogP contribution in [0.5, 0.6) is 0 Å². The van der Waals surface area contributed by atoms with Gasteiger partial charge in [0.05, 0.1) is 36.9 Å². The first-order valence-electron chi connectivity index (χ1n) is 3.76. The summed E-state index contributed by atoms with van der Waals surface area (Å²) in [6, 6.07) is 0. The molecule has 0 bridgehead atoms. The van der Waals surface area contributed by atoms with Crippen molar-refractivity contribution in [3.05, 3.63) is 0 Å². The zero-order valence-electron chi connectivity index (χ0n) is 7.46. The van der Waals surface area contributed by atoms with E-state index in [1.165, 1.54) is 5.08 Å². The predicted octanol–water partition coefficient (Wildman–Crippen LogP) is 0.577. The van der Waals surface area contributed by atoms with Gasteiger partial charge in [-0.1, -0.05) is 21.6 Å². The first-order chi connectivity index (χ1) is 6.74. The van der Waals surface area contributed by atoms with Gasteiger partial charge in [-0.3, -0.25) is 0 Å². The maximum Gasteiger partial charge on any atom is 0.0627 e. The summed E-state index contributed by atoms with van der Waals surface area (Å²) in [5.74, 6) is 0. The summed E-state index contributed by atoms with van der Waals surface area (Å²) in [5, 5.41) is 35.2. The smallest absolute Gasteiger partial charge is 0.0627 e. The molecule has 1 aliphatic heterocycles. The molecule has 0 aromatic heterocycles. The molecule has 4 nitrogen and oxygen atoms in total. The lowest BCUT2D eigenvalue weighted by atomic mass is 9.93. The Morgan fingerprint density at radius 1 is 0.786 bits per heavy atom. The summed E-state index contributed by atoms with van der Waals surface area (Å²) in [6.45, 7) is -1.62. The lowest BCUT2D eigenvalue weighted by Crippen LogP contribution is -2.37. The SMILES string of the molecule is C1SSSS1.OCC(CO)(CO)CO. The van der Waals surface area contributed by atoms with Gasteiger partial charge in [0.25, 0.3) is 0 Å². The van der Waals surface area contributed by atoms with E-state index in [4.69, 9.17) is 20.4 Å². The van der Waals surface area contributed by atoms with E-state index in [9.17, 15) is 0 Å². The zero-order chi connectivity index (χ0) is 10.9. The van der Waals surface area contributed by atoms with E-state index in [0.717, 1.165) is 0 Å². The molecule has 0 saturated carbocycles. The maximum absolute atomic E-state index is 8.50. The van der Waals surface area contributed by atoms with Crippen molar-refractivity contribution in [2.24, 2.45) is 5.41 Å². The molecular formula is C6H14O4S4. The minimum atomic E-state index is -1.11. The number of aliphatic hydroxyl groups is 4. The molecule has 0 aromatic rings. The summed E-state index contributed by atoms with van der Waals surface area (Å²) in [6.07, 6.45) is 0. The fourth-order valence-corrected chi connectivity index (χ4v) is 8.25. The molecule has 0 aromatic carbocycles. The highest BCUT2D eigenvalue weighted by molar-refractivity contribution is 9.30. The van der Waals surface area contributed by atoms with Crippen molar-refractivity contribution in [1.82, 2.24) is 0 Å². The average molecular weight is 278 g/mol. The van der Waals surface area contributed by atoms with Crippen LogP contribution in [0.3, 0.4) is 0 Å². The van der Waals surface area contributed by atoms with Gasteiger partial charge in [0.1, 0.15) is 0 Å². The number of rotatable bonds is 4. The van der Waals surface area contributed by atoms with Crippen LogP contribution < -0.4 is 0 Å². The van der Waals surface area contributed by atoms with Crippen molar-refractivity contribution in [3.8, 4) is 0 Å². The number of aliphatic hydroxyl groups excluding tert-OH is 4. The second-order valence-corrected chi connectivity index (χ2v) is 8.99.